The molecule has 0 unspecified atom stereocenters. The van der Waals surface area contributed by atoms with E-state index in [2.05, 4.69) is 18.7 Å². The summed E-state index contributed by atoms with van der Waals surface area (Å²) in [5, 5.41) is 0.979. The van der Waals surface area contributed by atoms with Gasteiger partial charge in [0.1, 0.15) is 6.17 Å². The zero-order valence-electron chi connectivity index (χ0n) is 18.4. The first-order valence-corrected chi connectivity index (χ1v) is 10.5. The molecule has 1 aliphatic heterocycles. The molecule has 2 heterocycles. The normalized spacial score (nSPS) is 16.7. The lowest BCUT2D eigenvalue weighted by atomic mass is 10.0. The second-order valence-electron chi connectivity index (χ2n) is 8.38. The number of aromatic nitrogens is 1. The number of para-hydroxylation sites is 1. The maximum atomic E-state index is 13.9. The fourth-order valence-electron chi connectivity index (χ4n) is 4.40. The Labute approximate surface area is 181 Å². The zero-order chi connectivity index (χ0) is 22.5. The van der Waals surface area contributed by atoms with Crippen LogP contribution in [0.5, 0.6) is 0 Å². The van der Waals surface area contributed by atoms with Crippen molar-refractivity contribution >= 4 is 16.6 Å². The topological polar surface area (TPSA) is 10.4 Å². The van der Waals surface area contributed by atoms with E-state index in [-0.39, 0.29) is 12.2 Å². The van der Waals surface area contributed by atoms with Crippen molar-refractivity contribution in [1.82, 2.24) is 4.90 Å². The van der Waals surface area contributed by atoms with Crippen LogP contribution in [0.1, 0.15) is 37.6 Å². The van der Waals surface area contributed by atoms with Crippen molar-refractivity contribution < 1.29 is 17.7 Å². The number of hydrogen-bond acceptors (Lipinski definition) is 2. The standard InChI is InChI=1S/C25H27F3N3/c1-16(2)29-12-13-30(19(29)5)23-14-21(25(26,27)28)15-24(18(23)4)31-17(3)10-11-20-8-6-7-9-22(20)31/h6-16,19H,1-5H3/q+1/t19-/m1/s1. The van der Waals surface area contributed by atoms with Crippen LogP contribution in [-0.2, 0) is 6.18 Å². The molecule has 2 aromatic carbocycles. The van der Waals surface area contributed by atoms with Gasteiger partial charge in [0.15, 0.2) is 5.69 Å². The maximum absolute atomic E-state index is 13.9. The van der Waals surface area contributed by atoms with Gasteiger partial charge in [0.05, 0.1) is 11.3 Å². The van der Waals surface area contributed by atoms with Gasteiger partial charge in [-0.2, -0.15) is 17.7 Å². The summed E-state index contributed by atoms with van der Waals surface area (Å²) < 4.78 is 43.8. The number of nitrogens with zero attached hydrogens (tertiary/aromatic N) is 3. The van der Waals surface area contributed by atoms with Gasteiger partial charge < -0.3 is 9.80 Å². The minimum absolute atomic E-state index is 0.0753. The molecule has 0 saturated carbocycles. The summed E-state index contributed by atoms with van der Waals surface area (Å²) in [5.74, 6) is 0. The lowest BCUT2D eigenvalue weighted by molar-refractivity contribution is -0.575. The summed E-state index contributed by atoms with van der Waals surface area (Å²) in [7, 11) is 0. The summed E-state index contributed by atoms with van der Waals surface area (Å²) >= 11 is 0. The van der Waals surface area contributed by atoms with Crippen molar-refractivity contribution in [2.24, 2.45) is 0 Å². The van der Waals surface area contributed by atoms with Crippen LogP contribution in [-0.4, -0.2) is 17.1 Å². The van der Waals surface area contributed by atoms with Crippen molar-refractivity contribution in [3.05, 3.63) is 77.8 Å². The lowest BCUT2D eigenvalue weighted by Crippen LogP contribution is -2.41. The minimum Gasteiger partial charge on any atom is -0.353 e. The second-order valence-corrected chi connectivity index (χ2v) is 8.38. The Hall–Kier alpha value is -3.02. The van der Waals surface area contributed by atoms with E-state index in [0.29, 0.717) is 11.4 Å². The summed E-state index contributed by atoms with van der Waals surface area (Å²) in [6.45, 7) is 9.98. The van der Waals surface area contributed by atoms with E-state index in [1.54, 1.807) is 0 Å². The number of fused-ring (bicyclic) bond motifs is 1. The van der Waals surface area contributed by atoms with Crippen LogP contribution in [0.25, 0.3) is 16.6 Å². The highest BCUT2D eigenvalue weighted by molar-refractivity contribution is 5.76. The Bertz CT molecular complexity index is 1160. The molecule has 1 atom stereocenters. The quantitative estimate of drug-likeness (QED) is 0.469. The average Bonchev–Trinajstić information content (AvgIpc) is 3.09. The highest BCUT2D eigenvalue weighted by atomic mass is 19.4. The first-order chi connectivity index (χ1) is 14.6. The maximum Gasteiger partial charge on any atom is 0.416 e. The Morgan fingerprint density at radius 2 is 1.68 bits per heavy atom. The smallest absolute Gasteiger partial charge is 0.353 e. The molecule has 0 spiro atoms. The molecular weight excluding hydrogens is 399 g/mol. The van der Waals surface area contributed by atoms with E-state index in [0.717, 1.165) is 22.2 Å². The van der Waals surface area contributed by atoms with Gasteiger partial charge in [-0.3, -0.25) is 0 Å². The number of benzene rings is 2. The fourth-order valence-corrected chi connectivity index (χ4v) is 4.40. The highest BCUT2D eigenvalue weighted by Gasteiger charge is 2.36. The fraction of sp³-hybridized carbons (Fsp3) is 0.320. The van der Waals surface area contributed by atoms with Gasteiger partial charge in [0.25, 0.3) is 0 Å². The minimum atomic E-state index is -4.44. The van der Waals surface area contributed by atoms with Gasteiger partial charge in [-0.1, -0.05) is 12.1 Å². The van der Waals surface area contributed by atoms with Crippen LogP contribution in [0.2, 0.25) is 0 Å². The molecule has 1 aliphatic rings. The molecule has 0 saturated heterocycles. The molecule has 3 nitrogen and oxygen atoms in total. The third-order valence-corrected chi connectivity index (χ3v) is 6.06. The molecule has 0 N–H and O–H groups in total. The number of rotatable bonds is 3. The van der Waals surface area contributed by atoms with E-state index in [1.807, 2.05) is 79.0 Å². The van der Waals surface area contributed by atoms with Crippen LogP contribution in [0.3, 0.4) is 0 Å². The summed E-state index contributed by atoms with van der Waals surface area (Å²) in [6, 6.07) is 14.5. The number of aryl methyl sites for hydroxylation is 1. The van der Waals surface area contributed by atoms with E-state index in [4.69, 9.17) is 0 Å². The van der Waals surface area contributed by atoms with Crippen LogP contribution in [0.15, 0.2) is 60.9 Å². The molecule has 0 amide bonds. The summed E-state index contributed by atoms with van der Waals surface area (Å²) in [5.41, 5.74) is 3.02. The number of anilines is 1. The van der Waals surface area contributed by atoms with Crippen LogP contribution in [0.4, 0.5) is 18.9 Å². The SMILES string of the molecule is Cc1c(N2C=CN(C(C)C)[C@H]2C)cc(C(F)(F)F)cc1-[n+]1c(C)ccc2ccccc21. The molecule has 162 valence electrons. The molecule has 3 aromatic rings. The van der Waals surface area contributed by atoms with Gasteiger partial charge in [-0.25, -0.2) is 0 Å². The van der Waals surface area contributed by atoms with Crippen molar-refractivity contribution in [2.45, 2.75) is 53.0 Å². The predicted molar refractivity (Wildman–Crippen MR) is 118 cm³/mol. The number of hydrogen-bond donors (Lipinski definition) is 0. The monoisotopic (exact) mass is 426 g/mol. The first-order valence-electron chi connectivity index (χ1n) is 10.5. The highest BCUT2D eigenvalue weighted by Crippen LogP contribution is 2.38. The lowest BCUT2D eigenvalue weighted by Gasteiger charge is -2.33. The van der Waals surface area contributed by atoms with E-state index >= 15 is 0 Å². The molecular formula is C25H27F3N3+. The molecule has 0 bridgehead atoms. The average molecular weight is 427 g/mol. The van der Waals surface area contributed by atoms with Gasteiger partial charge in [0, 0.05) is 54.5 Å². The molecule has 6 heteroatoms. The molecule has 4 rings (SSSR count). The Morgan fingerprint density at radius 1 is 0.968 bits per heavy atom. The van der Waals surface area contributed by atoms with Gasteiger partial charge >= 0.3 is 6.18 Å². The number of alkyl halides is 3. The van der Waals surface area contributed by atoms with E-state index in [9.17, 15) is 13.2 Å². The van der Waals surface area contributed by atoms with E-state index in [1.165, 1.54) is 12.1 Å². The summed E-state index contributed by atoms with van der Waals surface area (Å²) in [6.07, 6.45) is -0.697. The summed E-state index contributed by atoms with van der Waals surface area (Å²) in [4.78, 5) is 4.06. The molecule has 31 heavy (non-hydrogen) atoms. The molecule has 0 fully saturated rings. The predicted octanol–water partition coefficient (Wildman–Crippen LogP) is 6.10. The second kappa shape index (κ2) is 7.59. The van der Waals surface area contributed by atoms with Crippen molar-refractivity contribution in [3.63, 3.8) is 0 Å². The first kappa shape index (κ1) is 21.2. The van der Waals surface area contributed by atoms with Gasteiger partial charge in [0.2, 0.25) is 11.2 Å². The molecule has 0 aliphatic carbocycles. The van der Waals surface area contributed by atoms with Crippen molar-refractivity contribution in [1.29, 1.82) is 0 Å². The number of halogens is 3. The molecule has 1 aromatic heterocycles. The largest absolute Gasteiger partial charge is 0.416 e. The Morgan fingerprint density at radius 3 is 2.32 bits per heavy atom. The van der Waals surface area contributed by atoms with Gasteiger partial charge in [-0.15, -0.1) is 0 Å². The Kier molecular flexibility index (Phi) is 5.20. The third kappa shape index (κ3) is 3.64. The van der Waals surface area contributed by atoms with Crippen LogP contribution >= 0.6 is 0 Å². The van der Waals surface area contributed by atoms with Crippen LogP contribution in [0, 0.1) is 13.8 Å². The van der Waals surface area contributed by atoms with Crippen LogP contribution < -0.4 is 9.47 Å². The Balaban J connectivity index is 1.99. The zero-order valence-corrected chi connectivity index (χ0v) is 18.4. The van der Waals surface area contributed by atoms with Crippen molar-refractivity contribution in [3.8, 4) is 5.69 Å². The number of pyridine rings is 1. The van der Waals surface area contributed by atoms with Crippen molar-refractivity contribution in [2.75, 3.05) is 4.90 Å². The molecule has 0 radical (unpaired) electrons. The third-order valence-electron chi connectivity index (χ3n) is 6.06. The van der Waals surface area contributed by atoms with E-state index < -0.39 is 11.7 Å². The van der Waals surface area contributed by atoms with Gasteiger partial charge in [-0.05, 0) is 45.9 Å².